The maximum atomic E-state index is 12.7. The van der Waals surface area contributed by atoms with E-state index in [-0.39, 0.29) is 30.2 Å². The molecule has 0 saturated carbocycles. The molecule has 1 heterocycles. The number of methoxy groups -OCH3 is 1. The van der Waals surface area contributed by atoms with Crippen molar-refractivity contribution in [3.8, 4) is 0 Å². The van der Waals surface area contributed by atoms with Crippen LogP contribution in [-0.2, 0) is 14.3 Å². The first kappa shape index (κ1) is 21.9. The molecule has 0 bridgehead atoms. The molecule has 2 N–H and O–H groups in total. The van der Waals surface area contributed by atoms with Crippen LogP contribution in [0.25, 0.3) is 0 Å². The van der Waals surface area contributed by atoms with Crippen molar-refractivity contribution in [2.24, 2.45) is 5.92 Å². The van der Waals surface area contributed by atoms with Gasteiger partial charge in [0.15, 0.2) is 0 Å². The summed E-state index contributed by atoms with van der Waals surface area (Å²) in [4.78, 5) is 39.1. The van der Waals surface area contributed by atoms with Crippen molar-refractivity contribution in [1.82, 2.24) is 15.5 Å². The van der Waals surface area contributed by atoms with Gasteiger partial charge in [0.2, 0.25) is 11.8 Å². The second-order valence-electron chi connectivity index (χ2n) is 7.26. The number of ether oxygens (including phenoxy) is 1. The molecule has 0 aliphatic carbocycles. The molecule has 0 aromatic heterocycles. The average molecular weight is 389 g/mol. The van der Waals surface area contributed by atoms with Gasteiger partial charge in [0, 0.05) is 32.3 Å². The second-order valence-corrected chi connectivity index (χ2v) is 7.26. The van der Waals surface area contributed by atoms with E-state index in [1.807, 2.05) is 26.0 Å². The summed E-state index contributed by atoms with van der Waals surface area (Å²) in [6, 6.07) is 6.66. The standard InChI is InChI=1S/C21H31N3O4/c1-4-11-22-21(27)19(23-20(26)17-7-5-15(2)6-8-17)16-9-12-24(13-10-16)18(25)14-28-3/h5-8,16,19H,4,9-14H2,1-3H3,(H,22,27)(H,23,26)/t19-/m1/s1. The molecule has 2 rings (SSSR count). The minimum Gasteiger partial charge on any atom is -0.375 e. The quantitative estimate of drug-likeness (QED) is 0.705. The largest absolute Gasteiger partial charge is 0.375 e. The molecule has 3 amide bonds. The molecule has 7 heteroatoms. The molecular weight excluding hydrogens is 358 g/mol. The highest BCUT2D eigenvalue weighted by Crippen LogP contribution is 2.22. The Kier molecular flexibility index (Phi) is 8.44. The zero-order valence-electron chi connectivity index (χ0n) is 17.0. The lowest BCUT2D eigenvalue weighted by atomic mass is 9.88. The van der Waals surface area contributed by atoms with Crippen LogP contribution in [0.1, 0.15) is 42.1 Å². The molecule has 7 nitrogen and oxygen atoms in total. The zero-order valence-corrected chi connectivity index (χ0v) is 17.0. The van der Waals surface area contributed by atoms with Gasteiger partial charge < -0.3 is 20.3 Å². The van der Waals surface area contributed by atoms with E-state index in [9.17, 15) is 14.4 Å². The number of hydrogen-bond acceptors (Lipinski definition) is 4. The fourth-order valence-corrected chi connectivity index (χ4v) is 3.38. The summed E-state index contributed by atoms with van der Waals surface area (Å²) in [5, 5.41) is 5.82. The van der Waals surface area contributed by atoms with Gasteiger partial charge in [-0.15, -0.1) is 0 Å². The van der Waals surface area contributed by atoms with Crippen LogP contribution in [0.15, 0.2) is 24.3 Å². The van der Waals surface area contributed by atoms with Gasteiger partial charge in [0.1, 0.15) is 12.6 Å². The summed E-state index contributed by atoms with van der Waals surface area (Å²) >= 11 is 0. The average Bonchev–Trinajstić information content (AvgIpc) is 2.71. The molecule has 1 aliphatic rings. The molecule has 1 atom stereocenters. The summed E-state index contributed by atoms with van der Waals surface area (Å²) in [5.41, 5.74) is 1.61. The van der Waals surface area contributed by atoms with E-state index in [1.165, 1.54) is 7.11 Å². The van der Waals surface area contributed by atoms with E-state index >= 15 is 0 Å². The third kappa shape index (κ3) is 6.05. The number of piperidine rings is 1. The van der Waals surface area contributed by atoms with Gasteiger partial charge in [-0.25, -0.2) is 0 Å². The molecule has 0 spiro atoms. The monoisotopic (exact) mass is 389 g/mol. The maximum absolute atomic E-state index is 12.7. The Morgan fingerprint density at radius 1 is 1.18 bits per heavy atom. The third-order valence-electron chi connectivity index (χ3n) is 5.06. The highest BCUT2D eigenvalue weighted by Gasteiger charge is 2.33. The lowest BCUT2D eigenvalue weighted by Gasteiger charge is -2.35. The van der Waals surface area contributed by atoms with Crippen LogP contribution in [0.3, 0.4) is 0 Å². The van der Waals surface area contributed by atoms with Gasteiger partial charge in [0.05, 0.1) is 0 Å². The number of likely N-dealkylation sites (tertiary alicyclic amines) is 1. The number of nitrogens with zero attached hydrogens (tertiary/aromatic N) is 1. The number of aryl methyl sites for hydroxylation is 1. The zero-order chi connectivity index (χ0) is 20.5. The maximum Gasteiger partial charge on any atom is 0.251 e. The highest BCUT2D eigenvalue weighted by molar-refractivity contribution is 5.97. The van der Waals surface area contributed by atoms with Crippen molar-refractivity contribution in [1.29, 1.82) is 0 Å². The van der Waals surface area contributed by atoms with E-state index in [0.717, 1.165) is 12.0 Å². The Morgan fingerprint density at radius 3 is 2.39 bits per heavy atom. The molecule has 0 radical (unpaired) electrons. The number of hydrogen-bond donors (Lipinski definition) is 2. The first-order valence-electron chi connectivity index (χ1n) is 9.88. The molecule has 1 aliphatic heterocycles. The van der Waals surface area contributed by atoms with Crippen LogP contribution in [0.5, 0.6) is 0 Å². The van der Waals surface area contributed by atoms with Crippen LogP contribution in [0.2, 0.25) is 0 Å². The third-order valence-corrected chi connectivity index (χ3v) is 5.06. The summed E-state index contributed by atoms with van der Waals surface area (Å²) in [7, 11) is 1.50. The van der Waals surface area contributed by atoms with E-state index < -0.39 is 6.04 Å². The van der Waals surface area contributed by atoms with E-state index in [2.05, 4.69) is 10.6 Å². The van der Waals surface area contributed by atoms with Crippen molar-refractivity contribution in [3.63, 3.8) is 0 Å². The van der Waals surface area contributed by atoms with Crippen LogP contribution < -0.4 is 10.6 Å². The lowest BCUT2D eigenvalue weighted by molar-refractivity contribution is -0.136. The van der Waals surface area contributed by atoms with E-state index in [1.54, 1.807) is 17.0 Å². The van der Waals surface area contributed by atoms with Crippen molar-refractivity contribution < 1.29 is 19.1 Å². The van der Waals surface area contributed by atoms with E-state index in [0.29, 0.717) is 38.0 Å². The lowest BCUT2D eigenvalue weighted by Crippen LogP contribution is -2.54. The van der Waals surface area contributed by atoms with Gasteiger partial charge in [-0.05, 0) is 44.2 Å². The minimum absolute atomic E-state index is 0.0159. The Morgan fingerprint density at radius 2 is 1.82 bits per heavy atom. The van der Waals surface area contributed by atoms with Crippen LogP contribution >= 0.6 is 0 Å². The number of carbonyl (C=O) groups is 3. The molecule has 154 valence electrons. The predicted molar refractivity (Wildman–Crippen MR) is 107 cm³/mol. The number of nitrogens with one attached hydrogen (secondary N) is 2. The smallest absolute Gasteiger partial charge is 0.251 e. The molecule has 1 aromatic rings. The molecule has 1 saturated heterocycles. The minimum atomic E-state index is -0.611. The second kappa shape index (κ2) is 10.8. The first-order valence-corrected chi connectivity index (χ1v) is 9.88. The summed E-state index contributed by atoms with van der Waals surface area (Å²) in [6.45, 7) is 5.70. The normalized spacial score (nSPS) is 15.8. The summed E-state index contributed by atoms with van der Waals surface area (Å²) < 4.78 is 4.91. The first-order chi connectivity index (χ1) is 13.5. The number of benzene rings is 1. The van der Waals surface area contributed by atoms with Gasteiger partial charge >= 0.3 is 0 Å². The highest BCUT2D eigenvalue weighted by atomic mass is 16.5. The fourth-order valence-electron chi connectivity index (χ4n) is 3.38. The molecule has 1 aromatic carbocycles. The fraction of sp³-hybridized carbons (Fsp3) is 0.571. The van der Waals surface area contributed by atoms with Crippen molar-refractivity contribution in [2.75, 3.05) is 33.4 Å². The Hall–Kier alpha value is -2.41. The SMILES string of the molecule is CCCNC(=O)[C@H](NC(=O)c1ccc(C)cc1)C1CCN(C(=O)COC)CC1. The Bertz CT molecular complexity index is 667. The number of amides is 3. The van der Waals surface area contributed by atoms with Crippen LogP contribution in [0.4, 0.5) is 0 Å². The molecule has 0 unspecified atom stereocenters. The van der Waals surface area contributed by atoms with Gasteiger partial charge in [-0.2, -0.15) is 0 Å². The molecular formula is C21H31N3O4. The van der Waals surface area contributed by atoms with Crippen molar-refractivity contribution in [3.05, 3.63) is 35.4 Å². The Balaban J connectivity index is 2.05. The van der Waals surface area contributed by atoms with Crippen LogP contribution in [0, 0.1) is 12.8 Å². The number of carbonyl (C=O) groups excluding carboxylic acids is 3. The van der Waals surface area contributed by atoms with Gasteiger partial charge in [-0.1, -0.05) is 24.6 Å². The van der Waals surface area contributed by atoms with Gasteiger partial charge in [0.25, 0.3) is 5.91 Å². The topological polar surface area (TPSA) is 87.7 Å². The summed E-state index contributed by atoms with van der Waals surface area (Å²) in [6.07, 6.45) is 2.15. The molecule has 1 fully saturated rings. The van der Waals surface area contributed by atoms with E-state index in [4.69, 9.17) is 4.74 Å². The van der Waals surface area contributed by atoms with Crippen LogP contribution in [-0.4, -0.2) is 62.0 Å². The van der Waals surface area contributed by atoms with Crippen molar-refractivity contribution in [2.45, 2.75) is 39.2 Å². The number of rotatable bonds is 8. The van der Waals surface area contributed by atoms with Crippen molar-refractivity contribution >= 4 is 17.7 Å². The molecule has 28 heavy (non-hydrogen) atoms. The Labute approximate surface area is 166 Å². The predicted octanol–water partition coefficient (Wildman–Crippen LogP) is 1.50. The van der Waals surface area contributed by atoms with Gasteiger partial charge in [-0.3, -0.25) is 14.4 Å². The summed E-state index contributed by atoms with van der Waals surface area (Å²) in [5.74, 6) is -0.479.